The maximum absolute atomic E-state index is 12.1. The van der Waals surface area contributed by atoms with Crippen LogP contribution in [0.4, 0.5) is 0 Å². The van der Waals surface area contributed by atoms with Crippen LogP contribution >= 0.6 is 0 Å². The van der Waals surface area contributed by atoms with E-state index in [0.717, 1.165) is 76.9 Å². The molecule has 0 saturated carbocycles. The Bertz CT molecular complexity index is 1080. The fourth-order valence-electron chi connectivity index (χ4n) is 5.71. The van der Waals surface area contributed by atoms with Gasteiger partial charge in [0.2, 0.25) is 5.91 Å². The third-order valence-electron chi connectivity index (χ3n) is 7.72. The minimum atomic E-state index is 0.136. The Morgan fingerprint density at radius 1 is 0.861 bits per heavy atom. The fraction of sp³-hybridized carbons (Fsp3) is 0.419. The summed E-state index contributed by atoms with van der Waals surface area (Å²) < 4.78 is 0. The average Bonchev–Trinajstić information content (AvgIpc) is 3.10. The lowest BCUT2D eigenvalue weighted by Gasteiger charge is -2.40. The predicted molar refractivity (Wildman–Crippen MR) is 145 cm³/mol. The van der Waals surface area contributed by atoms with Crippen molar-refractivity contribution in [3.8, 4) is 0 Å². The molecule has 1 aromatic heterocycles. The smallest absolute Gasteiger partial charge is 0.220 e. The summed E-state index contributed by atoms with van der Waals surface area (Å²) in [6.45, 7) is 6.28. The molecule has 0 bridgehead atoms. The van der Waals surface area contributed by atoms with Gasteiger partial charge < -0.3 is 10.2 Å². The van der Waals surface area contributed by atoms with Gasteiger partial charge in [-0.25, -0.2) is 0 Å². The summed E-state index contributed by atoms with van der Waals surface area (Å²) in [5.74, 6) is 0.136. The Morgan fingerprint density at radius 3 is 2.22 bits per heavy atom. The number of aromatic nitrogens is 1. The van der Waals surface area contributed by atoms with Gasteiger partial charge in [0, 0.05) is 51.5 Å². The molecule has 1 aliphatic heterocycles. The highest BCUT2D eigenvalue weighted by molar-refractivity contribution is 5.76. The molecule has 0 atom stereocenters. The zero-order valence-corrected chi connectivity index (χ0v) is 21.2. The molecule has 5 rings (SSSR count). The minimum absolute atomic E-state index is 0.136. The first-order valence-electron chi connectivity index (χ1n) is 13.6. The van der Waals surface area contributed by atoms with Gasteiger partial charge in [0.05, 0.1) is 6.04 Å². The van der Waals surface area contributed by atoms with Crippen LogP contribution in [0.3, 0.4) is 0 Å². The molecule has 1 fully saturated rings. The van der Waals surface area contributed by atoms with Gasteiger partial charge in [0.1, 0.15) is 0 Å². The lowest BCUT2D eigenvalue weighted by atomic mass is 9.92. The number of piperazine rings is 1. The molecule has 1 aliphatic carbocycles. The third-order valence-corrected chi connectivity index (χ3v) is 7.72. The number of aryl methyl sites for hydroxylation is 3. The van der Waals surface area contributed by atoms with E-state index in [1.807, 2.05) is 18.3 Å². The largest absolute Gasteiger partial charge is 0.356 e. The Kier molecular flexibility index (Phi) is 8.42. The van der Waals surface area contributed by atoms with Gasteiger partial charge in [-0.05, 0) is 72.5 Å². The number of carbonyl (C=O) groups excluding carboxylic acids is 1. The topological polar surface area (TPSA) is 48.5 Å². The van der Waals surface area contributed by atoms with E-state index in [9.17, 15) is 4.79 Å². The van der Waals surface area contributed by atoms with Crippen molar-refractivity contribution >= 4 is 5.91 Å². The second kappa shape index (κ2) is 12.3. The summed E-state index contributed by atoms with van der Waals surface area (Å²) in [6, 6.07) is 22.4. The van der Waals surface area contributed by atoms with Crippen LogP contribution < -0.4 is 5.32 Å². The van der Waals surface area contributed by atoms with Gasteiger partial charge in [-0.2, -0.15) is 0 Å². The highest BCUT2D eigenvalue weighted by Crippen LogP contribution is 2.37. The molecule has 5 heteroatoms. The second-order valence-electron chi connectivity index (χ2n) is 10.1. The number of amides is 1. The Hall–Kier alpha value is -3.02. The number of hydrogen-bond donors (Lipinski definition) is 1. The molecule has 1 N–H and O–H groups in total. The lowest BCUT2D eigenvalue weighted by Crippen LogP contribution is -2.48. The van der Waals surface area contributed by atoms with Gasteiger partial charge in [0.15, 0.2) is 0 Å². The third kappa shape index (κ3) is 6.21. The van der Waals surface area contributed by atoms with Gasteiger partial charge >= 0.3 is 0 Å². The van der Waals surface area contributed by atoms with E-state index in [-0.39, 0.29) is 5.91 Å². The number of benzene rings is 2. The molecule has 2 aromatic carbocycles. The van der Waals surface area contributed by atoms with E-state index in [2.05, 4.69) is 68.6 Å². The monoisotopic (exact) mass is 482 g/mol. The van der Waals surface area contributed by atoms with E-state index in [1.165, 1.54) is 22.3 Å². The summed E-state index contributed by atoms with van der Waals surface area (Å²) in [5.41, 5.74) is 7.11. The molecule has 2 aliphatic rings. The number of fused-ring (bicyclic) bond motifs is 2. The fourth-order valence-corrected chi connectivity index (χ4v) is 5.71. The Labute approximate surface area is 215 Å². The molecule has 0 unspecified atom stereocenters. The molecule has 0 radical (unpaired) electrons. The maximum atomic E-state index is 12.1. The molecule has 1 saturated heterocycles. The van der Waals surface area contributed by atoms with Crippen LogP contribution in [-0.2, 0) is 24.1 Å². The first kappa shape index (κ1) is 24.7. The van der Waals surface area contributed by atoms with Crippen molar-refractivity contribution in [2.75, 3.05) is 39.3 Å². The standard InChI is InChI=1S/C31H38N4O/c36-30(16-13-25-8-7-17-32-24-25)33-18-5-6-19-34-20-22-35(23-21-34)31-28-11-3-1-9-26(28)14-15-27-10-2-4-12-29(27)31/h1-4,7-12,17,24,31H,5-6,13-16,18-23H2,(H,33,36). The maximum Gasteiger partial charge on any atom is 0.220 e. The molecule has 2 heterocycles. The van der Waals surface area contributed by atoms with Gasteiger partial charge in [-0.3, -0.25) is 14.7 Å². The number of pyridine rings is 1. The summed E-state index contributed by atoms with van der Waals surface area (Å²) in [6.07, 6.45) is 9.29. The van der Waals surface area contributed by atoms with E-state index < -0.39 is 0 Å². The van der Waals surface area contributed by atoms with Gasteiger partial charge in [0.25, 0.3) is 0 Å². The predicted octanol–water partition coefficient (Wildman–Crippen LogP) is 4.42. The zero-order valence-electron chi connectivity index (χ0n) is 21.2. The number of unbranched alkanes of at least 4 members (excludes halogenated alkanes) is 1. The quantitative estimate of drug-likeness (QED) is 0.459. The van der Waals surface area contributed by atoms with Crippen molar-refractivity contribution in [3.05, 3.63) is 101 Å². The highest BCUT2D eigenvalue weighted by Gasteiger charge is 2.30. The van der Waals surface area contributed by atoms with Crippen LogP contribution in [-0.4, -0.2) is 60.0 Å². The van der Waals surface area contributed by atoms with Crippen LogP contribution in [0.5, 0.6) is 0 Å². The van der Waals surface area contributed by atoms with Crippen LogP contribution in [0, 0.1) is 0 Å². The number of carbonyl (C=O) groups is 1. The van der Waals surface area contributed by atoms with Crippen molar-refractivity contribution in [1.82, 2.24) is 20.1 Å². The number of nitrogens with one attached hydrogen (secondary N) is 1. The highest BCUT2D eigenvalue weighted by atomic mass is 16.1. The summed E-state index contributed by atoms with van der Waals surface area (Å²) in [7, 11) is 0. The SMILES string of the molecule is O=C(CCc1cccnc1)NCCCCN1CCN(C2c3ccccc3CCc3ccccc32)CC1. The van der Waals surface area contributed by atoms with Crippen LogP contribution in [0.2, 0.25) is 0 Å². The summed E-state index contributed by atoms with van der Waals surface area (Å²) in [5, 5.41) is 3.08. The first-order valence-corrected chi connectivity index (χ1v) is 13.6. The van der Waals surface area contributed by atoms with Crippen molar-refractivity contribution in [2.24, 2.45) is 0 Å². The van der Waals surface area contributed by atoms with E-state index in [4.69, 9.17) is 0 Å². The van der Waals surface area contributed by atoms with Gasteiger partial charge in [-0.1, -0.05) is 54.6 Å². The molecular formula is C31H38N4O. The molecule has 188 valence electrons. The van der Waals surface area contributed by atoms with E-state index in [0.29, 0.717) is 12.5 Å². The zero-order chi connectivity index (χ0) is 24.6. The van der Waals surface area contributed by atoms with Crippen molar-refractivity contribution in [1.29, 1.82) is 0 Å². The molecule has 5 nitrogen and oxygen atoms in total. The van der Waals surface area contributed by atoms with Gasteiger partial charge in [-0.15, -0.1) is 0 Å². The Balaban J connectivity index is 1.06. The Morgan fingerprint density at radius 2 is 1.56 bits per heavy atom. The number of rotatable bonds is 9. The molecule has 0 spiro atoms. The molecule has 1 amide bonds. The van der Waals surface area contributed by atoms with Crippen LogP contribution in [0.25, 0.3) is 0 Å². The number of hydrogen-bond acceptors (Lipinski definition) is 4. The normalized spacial score (nSPS) is 16.7. The van der Waals surface area contributed by atoms with E-state index >= 15 is 0 Å². The average molecular weight is 483 g/mol. The molecule has 3 aromatic rings. The number of nitrogens with zero attached hydrogens (tertiary/aromatic N) is 3. The first-order chi connectivity index (χ1) is 17.8. The van der Waals surface area contributed by atoms with Crippen LogP contribution in [0.1, 0.15) is 53.1 Å². The van der Waals surface area contributed by atoms with E-state index in [1.54, 1.807) is 6.20 Å². The second-order valence-corrected chi connectivity index (χ2v) is 10.1. The van der Waals surface area contributed by atoms with Crippen molar-refractivity contribution in [3.63, 3.8) is 0 Å². The minimum Gasteiger partial charge on any atom is -0.356 e. The molecular weight excluding hydrogens is 444 g/mol. The van der Waals surface area contributed by atoms with Crippen LogP contribution in [0.15, 0.2) is 73.1 Å². The van der Waals surface area contributed by atoms with Crippen molar-refractivity contribution in [2.45, 2.75) is 44.6 Å². The van der Waals surface area contributed by atoms with Crippen molar-refractivity contribution < 1.29 is 4.79 Å². The molecule has 36 heavy (non-hydrogen) atoms. The summed E-state index contributed by atoms with van der Waals surface area (Å²) in [4.78, 5) is 21.5. The lowest BCUT2D eigenvalue weighted by molar-refractivity contribution is -0.121. The summed E-state index contributed by atoms with van der Waals surface area (Å²) >= 11 is 0.